The summed E-state index contributed by atoms with van der Waals surface area (Å²) in [6, 6.07) is 7.03. The molecule has 1 fully saturated rings. The van der Waals surface area contributed by atoms with Gasteiger partial charge in [-0.2, -0.15) is 17.0 Å². The highest BCUT2D eigenvalue weighted by molar-refractivity contribution is 7.86. The fourth-order valence-corrected chi connectivity index (χ4v) is 4.08. The van der Waals surface area contributed by atoms with Gasteiger partial charge in [-0.05, 0) is 18.6 Å². The monoisotopic (exact) mass is 317 g/mol. The SMILES string of the molecule is CC(c1ccccc1Cl)N(C)S(=O)(=O)N1CCNCC1. The summed E-state index contributed by atoms with van der Waals surface area (Å²) in [5.41, 5.74) is 0.815. The molecule has 1 aromatic rings. The Balaban J connectivity index is 2.21. The van der Waals surface area contributed by atoms with Crippen LogP contribution in [0.4, 0.5) is 0 Å². The summed E-state index contributed by atoms with van der Waals surface area (Å²) in [6.07, 6.45) is 0. The smallest absolute Gasteiger partial charge is 0.282 e. The first-order valence-electron chi connectivity index (χ1n) is 6.63. The minimum Gasteiger partial charge on any atom is -0.314 e. The van der Waals surface area contributed by atoms with E-state index in [0.717, 1.165) is 5.56 Å². The minimum absolute atomic E-state index is 0.302. The Hall–Kier alpha value is -0.660. The van der Waals surface area contributed by atoms with Crippen LogP contribution < -0.4 is 5.32 Å². The third kappa shape index (κ3) is 3.15. The molecule has 0 amide bonds. The molecule has 20 heavy (non-hydrogen) atoms. The van der Waals surface area contributed by atoms with E-state index in [9.17, 15) is 8.42 Å². The molecule has 5 nitrogen and oxygen atoms in total. The highest BCUT2D eigenvalue weighted by Gasteiger charge is 2.32. The number of halogens is 1. The third-order valence-electron chi connectivity index (χ3n) is 3.67. The molecule has 1 unspecified atom stereocenters. The van der Waals surface area contributed by atoms with Crippen molar-refractivity contribution in [3.05, 3.63) is 34.9 Å². The highest BCUT2D eigenvalue weighted by atomic mass is 35.5. The van der Waals surface area contributed by atoms with Crippen molar-refractivity contribution in [2.24, 2.45) is 0 Å². The van der Waals surface area contributed by atoms with Crippen molar-refractivity contribution in [2.75, 3.05) is 33.2 Å². The number of hydrogen-bond donors (Lipinski definition) is 1. The fraction of sp³-hybridized carbons (Fsp3) is 0.538. The van der Waals surface area contributed by atoms with Gasteiger partial charge in [-0.3, -0.25) is 0 Å². The normalized spacial score (nSPS) is 19.2. The van der Waals surface area contributed by atoms with Crippen molar-refractivity contribution in [3.8, 4) is 0 Å². The lowest BCUT2D eigenvalue weighted by molar-refractivity contribution is 0.306. The molecule has 0 saturated carbocycles. The van der Waals surface area contributed by atoms with Gasteiger partial charge in [-0.1, -0.05) is 29.8 Å². The van der Waals surface area contributed by atoms with Gasteiger partial charge in [0.1, 0.15) is 0 Å². The lowest BCUT2D eigenvalue weighted by atomic mass is 10.1. The maximum atomic E-state index is 12.6. The number of nitrogens with zero attached hydrogens (tertiary/aromatic N) is 2. The molecule has 0 spiro atoms. The first-order valence-corrected chi connectivity index (χ1v) is 8.40. The maximum Gasteiger partial charge on any atom is 0.282 e. The fourth-order valence-electron chi connectivity index (χ4n) is 2.27. The second kappa shape index (κ2) is 6.41. The molecule has 0 radical (unpaired) electrons. The van der Waals surface area contributed by atoms with E-state index >= 15 is 0 Å². The van der Waals surface area contributed by atoms with Crippen LogP contribution in [-0.4, -0.2) is 50.3 Å². The van der Waals surface area contributed by atoms with Crippen LogP contribution in [0.15, 0.2) is 24.3 Å². The van der Waals surface area contributed by atoms with Crippen LogP contribution in [0.5, 0.6) is 0 Å². The molecule has 1 atom stereocenters. The van der Waals surface area contributed by atoms with E-state index in [1.165, 1.54) is 8.61 Å². The molecule has 1 aromatic carbocycles. The van der Waals surface area contributed by atoms with E-state index in [4.69, 9.17) is 11.6 Å². The largest absolute Gasteiger partial charge is 0.314 e. The van der Waals surface area contributed by atoms with Crippen LogP contribution in [0, 0.1) is 0 Å². The zero-order valence-corrected chi connectivity index (χ0v) is 13.3. The number of benzene rings is 1. The zero-order valence-electron chi connectivity index (χ0n) is 11.7. The van der Waals surface area contributed by atoms with E-state index < -0.39 is 10.2 Å². The highest BCUT2D eigenvalue weighted by Crippen LogP contribution is 2.28. The summed E-state index contributed by atoms with van der Waals surface area (Å²) in [5.74, 6) is 0. The second-order valence-corrected chi connectivity index (χ2v) is 7.27. The molecule has 1 heterocycles. The summed E-state index contributed by atoms with van der Waals surface area (Å²) in [7, 11) is -1.86. The lowest BCUT2D eigenvalue weighted by Crippen LogP contribution is -2.51. The molecule has 1 N–H and O–H groups in total. The Kier molecular flexibility index (Phi) is 5.04. The average molecular weight is 318 g/mol. The van der Waals surface area contributed by atoms with Crippen molar-refractivity contribution in [1.29, 1.82) is 0 Å². The summed E-state index contributed by atoms with van der Waals surface area (Å²) in [4.78, 5) is 0. The van der Waals surface area contributed by atoms with E-state index in [1.54, 1.807) is 13.1 Å². The predicted octanol–water partition coefficient (Wildman–Crippen LogP) is 1.48. The van der Waals surface area contributed by atoms with Gasteiger partial charge in [0.25, 0.3) is 10.2 Å². The first-order chi connectivity index (χ1) is 9.44. The lowest BCUT2D eigenvalue weighted by Gasteiger charge is -2.33. The maximum absolute atomic E-state index is 12.6. The zero-order chi connectivity index (χ0) is 14.8. The molecule has 1 saturated heterocycles. The molecule has 0 aliphatic carbocycles. The van der Waals surface area contributed by atoms with Crippen molar-refractivity contribution < 1.29 is 8.42 Å². The van der Waals surface area contributed by atoms with E-state index in [1.807, 2.05) is 25.1 Å². The minimum atomic E-state index is -3.46. The molecular formula is C13H20ClN3O2S. The molecule has 2 rings (SSSR count). The Morgan fingerprint density at radius 2 is 1.90 bits per heavy atom. The molecule has 112 valence electrons. The quantitative estimate of drug-likeness (QED) is 0.915. The van der Waals surface area contributed by atoms with Crippen LogP contribution >= 0.6 is 11.6 Å². The number of nitrogens with one attached hydrogen (secondary N) is 1. The summed E-state index contributed by atoms with van der Waals surface area (Å²) in [6.45, 7) is 4.23. The van der Waals surface area contributed by atoms with Crippen molar-refractivity contribution in [3.63, 3.8) is 0 Å². The third-order valence-corrected chi connectivity index (χ3v) is 6.07. The van der Waals surface area contributed by atoms with Crippen LogP contribution in [0.3, 0.4) is 0 Å². The summed E-state index contributed by atoms with van der Waals surface area (Å²) >= 11 is 6.15. The summed E-state index contributed by atoms with van der Waals surface area (Å²) in [5, 5.41) is 3.74. The second-order valence-electron chi connectivity index (χ2n) is 4.87. The van der Waals surface area contributed by atoms with Crippen molar-refractivity contribution in [2.45, 2.75) is 13.0 Å². The van der Waals surface area contributed by atoms with Gasteiger partial charge in [0.15, 0.2) is 0 Å². The Labute approximate surface area is 125 Å². The van der Waals surface area contributed by atoms with E-state index in [0.29, 0.717) is 31.2 Å². The van der Waals surface area contributed by atoms with E-state index in [2.05, 4.69) is 5.32 Å². The number of piperazine rings is 1. The first kappa shape index (κ1) is 15.7. The summed E-state index contributed by atoms with van der Waals surface area (Å²) < 4.78 is 28.1. The average Bonchev–Trinajstić information content (AvgIpc) is 2.47. The molecule has 0 aromatic heterocycles. The molecule has 1 aliphatic rings. The van der Waals surface area contributed by atoms with Crippen LogP contribution in [0.2, 0.25) is 5.02 Å². The van der Waals surface area contributed by atoms with Gasteiger partial charge in [0.2, 0.25) is 0 Å². The number of hydrogen-bond acceptors (Lipinski definition) is 3. The topological polar surface area (TPSA) is 52.7 Å². The van der Waals surface area contributed by atoms with Gasteiger partial charge in [-0.15, -0.1) is 0 Å². The van der Waals surface area contributed by atoms with Gasteiger partial charge in [0.05, 0.1) is 0 Å². The Bertz CT molecular complexity index is 558. The number of rotatable bonds is 4. The molecule has 1 aliphatic heterocycles. The van der Waals surface area contributed by atoms with E-state index in [-0.39, 0.29) is 6.04 Å². The Morgan fingerprint density at radius 3 is 2.50 bits per heavy atom. The van der Waals surface area contributed by atoms with Crippen molar-refractivity contribution >= 4 is 21.8 Å². The van der Waals surface area contributed by atoms with Gasteiger partial charge in [0, 0.05) is 44.3 Å². The van der Waals surface area contributed by atoms with Crippen LogP contribution in [-0.2, 0) is 10.2 Å². The van der Waals surface area contributed by atoms with Gasteiger partial charge < -0.3 is 5.32 Å². The van der Waals surface area contributed by atoms with Gasteiger partial charge in [-0.25, -0.2) is 0 Å². The van der Waals surface area contributed by atoms with Crippen LogP contribution in [0.25, 0.3) is 0 Å². The standard InChI is InChI=1S/C13H20ClN3O2S/c1-11(12-5-3-4-6-13(12)14)16(2)20(18,19)17-9-7-15-8-10-17/h3-6,11,15H,7-10H2,1-2H3. The molecule has 0 bridgehead atoms. The predicted molar refractivity (Wildman–Crippen MR) is 81.0 cm³/mol. The van der Waals surface area contributed by atoms with Crippen molar-refractivity contribution in [1.82, 2.24) is 13.9 Å². The van der Waals surface area contributed by atoms with Gasteiger partial charge >= 0.3 is 0 Å². The molecular weight excluding hydrogens is 298 g/mol. The van der Waals surface area contributed by atoms with Crippen LogP contribution in [0.1, 0.15) is 18.5 Å². The Morgan fingerprint density at radius 1 is 1.30 bits per heavy atom. The molecule has 7 heteroatoms.